The molecule has 1 saturated carbocycles. The molecule has 156 valence electrons. The number of carbonyl (C=O) groups excluding carboxylic acids is 1. The maximum absolute atomic E-state index is 11.8. The van der Waals surface area contributed by atoms with E-state index in [4.69, 9.17) is 9.16 Å². The summed E-state index contributed by atoms with van der Waals surface area (Å²) in [5, 5.41) is 10.7. The average molecular weight is 397 g/mol. The average Bonchev–Trinajstić information content (AvgIpc) is 3.13. The number of rotatable bonds is 11. The maximum atomic E-state index is 11.8. The molecule has 2 rings (SSSR count). The number of hydrogen-bond acceptors (Lipinski definition) is 4. The summed E-state index contributed by atoms with van der Waals surface area (Å²) in [6.07, 6.45) is 9.59. The third-order valence-electron chi connectivity index (χ3n) is 6.85. The van der Waals surface area contributed by atoms with Crippen LogP contribution in [0.4, 0.5) is 0 Å². The molecule has 5 atom stereocenters. The van der Waals surface area contributed by atoms with Crippen LogP contribution in [0.25, 0.3) is 0 Å². The molecule has 0 aromatic rings. The second-order valence-corrected chi connectivity index (χ2v) is 13.5. The predicted octanol–water partition coefficient (Wildman–Crippen LogP) is 5.22. The van der Waals surface area contributed by atoms with Gasteiger partial charge in [-0.15, -0.1) is 0 Å². The molecule has 1 saturated heterocycles. The molecule has 2 aliphatic rings. The van der Waals surface area contributed by atoms with Crippen LogP contribution in [0.2, 0.25) is 18.1 Å². The van der Waals surface area contributed by atoms with Crippen molar-refractivity contribution < 1.29 is 19.1 Å². The molecule has 1 N–H and O–H groups in total. The van der Waals surface area contributed by atoms with Gasteiger partial charge in [0.25, 0.3) is 0 Å². The van der Waals surface area contributed by atoms with Gasteiger partial charge in [0.1, 0.15) is 6.10 Å². The molecule has 0 aromatic heterocycles. The molecule has 1 heterocycles. The van der Waals surface area contributed by atoms with Crippen LogP contribution >= 0.6 is 0 Å². The molecule has 0 spiro atoms. The van der Waals surface area contributed by atoms with Gasteiger partial charge in [-0.3, -0.25) is 4.79 Å². The maximum Gasteiger partial charge on any atom is 0.306 e. The summed E-state index contributed by atoms with van der Waals surface area (Å²) in [5.41, 5.74) is -0.796. The highest BCUT2D eigenvalue weighted by molar-refractivity contribution is 6.73. The summed E-state index contributed by atoms with van der Waals surface area (Å²) >= 11 is 0. The van der Waals surface area contributed by atoms with Crippen LogP contribution in [0.1, 0.15) is 73.1 Å². The van der Waals surface area contributed by atoms with Gasteiger partial charge in [0.2, 0.25) is 0 Å². The minimum atomic E-state index is -1.73. The molecular weight excluding hydrogens is 356 g/mol. The van der Waals surface area contributed by atoms with Gasteiger partial charge in [-0.05, 0) is 31.5 Å². The van der Waals surface area contributed by atoms with Gasteiger partial charge in [-0.1, -0.05) is 59.1 Å². The molecule has 5 heteroatoms. The van der Waals surface area contributed by atoms with E-state index in [1.165, 1.54) is 0 Å². The second-order valence-electron chi connectivity index (χ2n) is 8.78. The number of esters is 1. The van der Waals surface area contributed by atoms with Crippen LogP contribution in [0.15, 0.2) is 12.2 Å². The Morgan fingerprint density at radius 1 is 1.22 bits per heavy atom. The lowest BCUT2D eigenvalue weighted by Crippen LogP contribution is -2.41. The van der Waals surface area contributed by atoms with Crippen LogP contribution < -0.4 is 0 Å². The Labute approximate surface area is 166 Å². The monoisotopic (exact) mass is 396 g/mol. The lowest BCUT2D eigenvalue weighted by atomic mass is 9.89. The van der Waals surface area contributed by atoms with E-state index < -0.39 is 13.9 Å². The number of hydrogen-bond donors (Lipinski definition) is 1. The third kappa shape index (κ3) is 5.67. The third-order valence-corrected chi connectivity index (χ3v) is 11.5. The molecule has 1 aliphatic carbocycles. The predicted molar refractivity (Wildman–Crippen MR) is 112 cm³/mol. The molecule has 4 nitrogen and oxygen atoms in total. The van der Waals surface area contributed by atoms with Crippen molar-refractivity contribution in [3.8, 4) is 0 Å². The topological polar surface area (TPSA) is 55.8 Å². The summed E-state index contributed by atoms with van der Waals surface area (Å²) in [4.78, 5) is 11.8. The normalized spacial score (nSPS) is 30.5. The standard InChI is InChI=1S/C22H40O4Si/c1-6-10-11-13-22(5,24)14-12-17-18-15-21(23)25-19(18)16-20(17)26-27(7-2,8-3)9-4/h12,14,17-20,24H,6-11,13,15-16H2,1-5H3/t17-,18-,19+,20-,22+/m1/s1. The fourth-order valence-corrected chi connectivity index (χ4v) is 7.64. The Hall–Kier alpha value is -0.653. The molecular formula is C22H40O4Si. The Balaban J connectivity index is 2.14. The Bertz CT molecular complexity index is 504. The van der Waals surface area contributed by atoms with Crippen LogP contribution in [-0.2, 0) is 14.0 Å². The van der Waals surface area contributed by atoms with E-state index in [1.54, 1.807) is 0 Å². The summed E-state index contributed by atoms with van der Waals surface area (Å²) in [6.45, 7) is 10.8. The van der Waals surface area contributed by atoms with Crippen LogP contribution in [0.5, 0.6) is 0 Å². The summed E-state index contributed by atoms with van der Waals surface area (Å²) in [6, 6.07) is 3.37. The van der Waals surface area contributed by atoms with E-state index in [9.17, 15) is 9.90 Å². The first-order valence-corrected chi connectivity index (χ1v) is 13.6. The Morgan fingerprint density at radius 3 is 2.48 bits per heavy atom. The van der Waals surface area contributed by atoms with Gasteiger partial charge in [-0.25, -0.2) is 0 Å². The van der Waals surface area contributed by atoms with Gasteiger partial charge in [0.05, 0.1) is 18.1 Å². The Morgan fingerprint density at radius 2 is 1.89 bits per heavy atom. The van der Waals surface area contributed by atoms with Crippen LogP contribution in [-0.4, -0.2) is 37.2 Å². The summed E-state index contributed by atoms with van der Waals surface area (Å²) < 4.78 is 12.4. The molecule has 27 heavy (non-hydrogen) atoms. The molecule has 0 unspecified atom stereocenters. The first-order valence-electron chi connectivity index (χ1n) is 11.1. The highest BCUT2D eigenvalue weighted by atomic mass is 28.4. The molecule has 0 radical (unpaired) electrons. The minimum Gasteiger partial charge on any atom is -0.462 e. The zero-order valence-electron chi connectivity index (χ0n) is 18.0. The van der Waals surface area contributed by atoms with Crippen molar-refractivity contribution in [1.29, 1.82) is 0 Å². The highest BCUT2D eigenvalue weighted by Gasteiger charge is 2.51. The number of unbranched alkanes of at least 4 members (excludes halogenated alkanes) is 2. The summed E-state index contributed by atoms with van der Waals surface area (Å²) in [5.74, 6) is 0.277. The van der Waals surface area contributed by atoms with Crippen molar-refractivity contribution in [3.05, 3.63) is 12.2 Å². The number of aliphatic hydroxyl groups is 1. The smallest absolute Gasteiger partial charge is 0.306 e. The van der Waals surface area contributed by atoms with Crippen LogP contribution in [0, 0.1) is 11.8 Å². The van der Waals surface area contributed by atoms with E-state index in [2.05, 4.69) is 33.8 Å². The lowest BCUT2D eigenvalue weighted by Gasteiger charge is -2.34. The lowest BCUT2D eigenvalue weighted by molar-refractivity contribution is -0.141. The van der Waals surface area contributed by atoms with E-state index in [0.29, 0.717) is 6.42 Å². The van der Waals surface area contributed by atoms with Gasteiger partial charge in [-0.2, -0.15) is 0 Å². The van der Waals surface area contributed by atoms with Crippen molar-refractivity contribution in [2.24, 2.45) is 11.8 Å². The number of carbonyl (C=O) groups is 1. The second kappa shape index (κ2) is 9.70. The van der Waals surface area contributed by atoms with Crippen molar-refractivity contribution in [3.63, 3.8) is 0 Å². The van der Waals surface area contributed by atoms with Crippen molar-refractivity contribution in [2.75, 3.05) is 0 Å². The van der Waals surface area contributed by atoms with Gasteiger partial charge < -0.3 is 14.3 Å². The molecule has 0 aromatic carbocycles. The van der Waals surface area contributed by atoms with E-state index >= 15 is 0 Å². The highest BCUT2D eigenvalue weighted by Crippen LogP contribution is 2.45. The van der Waals surface area contributed by atoms with Crippen LogP contribution in [0.3, 0.4) is 0 Å². The fourth-order valence-electron chi connectivity index (χ4n) is 4.75. The fraction of sp³-hybridized carbons (Fsp3) is 0.864. The molecule has 0 amide bonds. The van der Waals surface area contributed by atoms with E-state index in [-0.39, 0.29) is 30.0 Å². The Kier molecular flexibility index (Phi) is 8.14. The van der Waals surface area contributed by atoms with Crippen molar-refractivity contribution in [2.45, 2.75) is 109 Å². The van der Waals surface area contributed by atoms with Gasteiger partial charge >= 0.3 is 5.97 Å². The zero-order valence-corrected chi connectivity index (χ0v) is 19.0. The first-order chi connectivity index (χ1) is 12.8. The molecule has 2 fully saturated rings. The van der Waals surface area contributed by atoms with E-state index in [1.807, 2.05) is 13.0 Å². The largest absolute Gasteiger partial charge is 0.462 e. The van der Waals surface area contributed by atoms with E-state index in [0.717, 1.165) is 50.2 Å². The van der Waals surface area contributed by atoms with Gasteiger partial charge in [0.15, 0.2) is 8.32 Å². The molecule has 1 aliphatic heterocycles. The zero-order chi connectivity index (χ0) is 20.1. The number of fused-ring (bicyclic) bond motifs is 1. The molecule has 0 bridgehead atoms. The minimum absolute atomic E-state index is 0.0144. The SMILES string of the molecule is CCCCC[C@](C)(O)C=C[C@@H]1[C@H]2CC(=O)O[C@H]2C[C@H]1O[Si](CC)(CC)CC. The summed E-state index contributed by atoms with van der Waals surface area (Å²) in [7, 11) is -1.73. The first kappa shape index (κ1) is 22.6. The van der Waals surface area contributed by atoms with Crippen molar-refractivity contribution >= 4 is 14.3 Å². The quantitative estimate of drug-likeness (QED) is 0.225. The van der Waals surface area contributed by atoms with Crippen molar-refractivity contribution in [1.82, 2.24) is 0 Å². The number of ether oxygens (including phenoxy) is 1. The van der Waals surface area contributed by atoms with Gasteiger partial charge in [0, 0.05) is 18.3 Å².